The molecule has 1 aliphatic rings. The summed E-state index contributed by atoms with van der Waals surface area (Å²) in [5, 5.41) is 0.103. The second-order valence-corrected chi connectivity index (χ2v) is 11.2. The van der Waals surface area contributed by atoms with Crippen molar-refractivity contribution in [1.82, 2.24) is 14.5 Å². The molecule has 1 aromatic heterocycles. The van der Waals surface area contributed by atoms with Gasteiger partial charge in [-0.3, -0.25) is 4.79 Å². The van der Waals surface area contributed by atoms with Gasteiger partial charge in [0.05, 0.1) is 24.2 Å². The van der Waals surface area contributed by atoms with E-state index in [0.717, 1.165) is 48.9 Å². The summed E-state index contributed by atoms with van der Waals surface area (Å²) in [6.45, 7) is 6.39. The monoisotopic (exact) mass is 491 g/mol. The molecule has 184 valence electrons. The predicted octanol–water partition coefficient (Wildman–Crippen LogP) is 5.50. The third kappa shape index (κ3) is 5.90. The number of amides is 1. The maximum absolute atomic E-state index is 13.6. The maximum Gasteiger partial charge on any atom is 0.254 e. The number of carbonyl (C=O) groups excluding carboxylic acids is 1. The molecule has 1 heterocycles. The first-order valence-corrected chi connectivity index (χ1v) is 13.8. The fourth-order valence-corrected chi connectivity index (χ4v) is 6.40. The Labute approximate surface area is 208 Å². The Morgan fingerprint density at radius 1 is 1.11 bits per heavy atom. The van der Waals surface area contributed by atoms with Crippen LogP contribution < -0.4 is 0 Å². The molecule has 35 heavy (non-hydrogen) atoms. The van der Waals surface area contributed by atoms with E-state index in [1.165, 1.54) is 0 Å². The van der Waals surface area contributed by atoms with Crippen LogP contribution in [0.2, 0.25) is 0 Å². The molecule has 1 fully saturated rings. The van der Waals surface area contributed by atoms with E-state index in [1.807, 2.05) is 54.0 Å². The Balaban J connectivity index is 1.70. The first-order chi connectivity index (χ1) is 16.9. The molecule has 3 aromatic rings. The van der Waals surface area contributed by atoms with Crippen LogP contribution in [0.1, 0.15) is 65.3 Å². The van der Waals surface area contributed by atoms with Crippen LogP contribution in [0.25, 0.3) is 0 Å². The molecule has 0 bridgehead atoms. The van der Waals surface area contributed by atoms with Crippen LogP contribution >= 0.6 is 0 Å². The van der Waals surface area contributed by atoms with Crippen molar-refractivity contribution in [3.05, 3.63) is 95.8 Å². The van der Waals surface area contributed by atoms with Crippen molar-refractivity contribution in [3.8, 4) is 0 Å². The number of benzene rings is 2. The Morgan fingerprint density at radius 3 is 2.54 bits per heavy atom. The molecule has 0 unspecified atom stereocenters. The Hall–Kier alpha value is -3.19. The number of hydrogen-bond acceptors (Lipinski definition) is 4. The minimum Gasteiger partial charge on any atom is -0.329 e. The number of nitrogens with zero attached hydrogens (tertiary/aromatic N) is 3. The molecular formula is C28H33N3O3S. The summed E-state index contributed by atoms with van der Waals surface area (Å²) in [5.74, 6) is -0.219. The van der Waals surface area contributed by atoms with Gasteiger partial charge in [0.1, 0.15) is 0 Å². The standard InChI is InChI=1S/C28H33N3O3S/c1-3-17-30(27(32)24-13-6-4-7-14-24)20-26-19-29-28(31(26)25-15-8-5-9-16-25)35(33,34)21-23-12-10-11-22(2)18-23/h3-4,6-7,10-14,18-19,25H,1,5,8-9,15-17,20-21H2,2H3. The number of hydrogen-bond donors (Lipinski definition) is 0. The Bertz CT molecular complexity index is 1280. The zero-order valence-electron chi connectivity index (χ0n) is 20.3. The first kappa shape index (κ1) is 24.9. The molecule has 0 radical (unpaired) electrons. The third-order valence-electron chi connectivity index (χ3n) is 6.51. The summed E-state index contributed by atoms with van der Waals surface area (Å²) in [6, 6.07) is 16.7. The largest absolute Gasteiger partial charge is 0.329 e. The smallest absolute Gasteiger partial charge is 0.254 e. The number of sulfone groups is 1. The number of rotatable bonds is 9. The Kier molecular flexibility index (Phi) is 7.86. The number of aromatic nitrogens is 2. The lowest BCUT2D eigenvalue weighted by Gasteiger charge is -2.28. The van der Waals surface area contributed by atoms with Crippen molar-refractivity contribution in [3.63, 3.8) is 0 Å². The highest BCUT2D eigenvalue weighted by Gasteiger charge is 2.30. The fourth-order valence-electron chi connectivity index (χ4n) is 4.87. The molecule has 4 rings (SSSR count). The summed E-state index contributed by atoms with van der Waals surface area (Å²) >= 11 is 0. The summed E-state index contributed by atoms with van der Waals surface area (Å²) in [5.41, 5.74) is 3.10. The van der Waals surface area contributed by atoms with Crippen molar-refractivity contribution in [2.24, 2.45) is 0 Å². The van der Waals surface area contributed by atoms with E-state index in [1.54, 1.807) is 29.3 Å². The van der Waals surface area contributed by atoms with Gasteiger partial charge in [-0.1, -0.05) is 73.4 Å². The molecule has 1 amide bonds. The minimum absolute atomic E-state index is 0.0564. The average Bonchev–Trinajstić information content (AvgIpc) is 3.29. The van der Waals surface area contributed by atoms with Crippen molar-refractivity contribution < 1.29 is 13.2 Å². The molecule has 1 saturated carbocycles. The number of imidazole rings is 1. The van der Waals surface area contributed by atoms with Crippen LogP contribution in [0, 0.1) is 6.92 Å². The molecule has 6 nitrogen and oxygen atoms in total. The van der Waals surface area contributed by atoms with Gasteiger partial charge in [0.25, 0.3) is 5.91 Å². The van der Waals surface area contributed by atoms with Gasteiger partial charge in [-0.05, 0) is 37.5 Å². The Morgan fingerprint density at radius 2 is 1.86 bits per heavy atom. The van der Waals surface area contributed by atoms with Gasteiger partial charge >= 0.3 is 0 Å². The van der Waals surface area contributed by atoms with Crippen LogP contribution in [0.5, 0.6) is 0 Å². The van der Waals surface area contributed by atoms with Crippen molar-refractivity contribution in [2.45, 2.75) is 62.5 Å². The molecule has 7 heteroatoms. The molecule has 1 aliphatic carbocycles. The lowest BCUT2D eigenvalue weighted by molar-refractivity contribution is 0.0757. The van der Waals surface area contributed by atoms with Crippen LogP contribution in [0.15, 0.2) is 78.6 Å². The van der Waals surface area contributed by atoms with E-state index in [0.29, 0.717) is 12.1 Å². The van der Waals surface area contributed by atoms with Gasteiger partial charge in [0, 0.05) is 18.2 Å². The number of aryl methyl sites for hydroxylation is 1. The normalized spacial score (nSPS) is 14.5. The highest BCUT2D eigenvalue weighted by molar-refractivity contribution is 7.90. The summed E-state index contributed by atoms with van der Waals surface area (Å²) in [4.78, 5) is 19.4. The van der Waals surface area contributed by atoms with Crippen LogP contribution in [0.3, 0.4) is 0 Å². The molecule has 0 spiro atoms. The van der Waals surface area contributed by atoms with Crippen LogP contribution in [-0.4, -0.2) is 35.3 Å². The average molecular weight is 492 g/mol. The van der Waals surface area contributed by atoms with E-state index >= 15 is 0 Å². The predicted molar refractivity (Wildman–Crippen MR) is 138 cm³/mol. The van der Waals surface area contributed by atoms with E-state index in [9.17, 15) is 13.2 Å². The first-order valence-electron chi connectivity index (χ1n) is 12.2. The summed E-state index contributed by atoms with van der Waals surface area (Å²) in [6.07, 6.45) is 8.40. The van der Waals surface area contributed by atoms with Crippen LogP contribution in [-0.2, 0) is 22.1 Å². The lowest BCUT2D eigenvalue weighted by atomic mass is 9.95. The van der Waals surface area contributed by atoms with Gasteiger partial charge < -0.3 is 9.47 Å². The van der Waals surface area contributed by atoms with Crippen molar-refractivity contribution in [2.75, 3.05) is 6.54 Å². The second kappa shape index (κ2) is 11.0. The van der Waals surface area contributed by atoms with E-state index < -0.39 is 9.84 Å². The van der Waals surface area contributed by atoms with E-state index in [-0.39, 0.29) is 29.4 Å². The summed E-state index contributed by atoms with van der Waals surface area (Å²) < 4.78 is 29.1. The van der Waals surface area contributed by atoms with Gasteiger partial charge in [-0.15, -0.1) is 6.58 Å². The zero-order valence-corrected chi connectivity index (χ0v) is 21.1. The molecule has 2 aromatic carbocycles. The van der Waals surface area contributed by atoms with Gasteiger partial charge in [-0.25, -0.2) is 13.4 Å². The van der Waals surface area contributed by atoms with E-state index in [2.05, 4.69) is 11.6 Å². The van der Waals surface area contributed by atoms with Gasteiger partial charge in [-0.2, -0.15) is 0 Å². The molecule has 0 aliphatic heterocycles. The highest BCUT2D eigenvalue weighted by Crippen LogP contribution is 2.33. The highest BCUT2D eigenvalue weighted by atomic mass is 32.2. The molecule has 0 atom stereocenters. The fraction of sp³-hybridized carbons (Fsp3) is 0.357. The second-order valence-electron chi connectivity index (χ2n) is 9.28. The van der Waals surface area contributed by atoms with Crippen molar-refractivity contribution in [1.29, 1.82) is 0 Å². The molecule has 0 saturated heterocycles. The quantitative estimate of drug-likeness (QED) is 0.371. The molecule has 0 N–H and O–H groups in total. The third-order valence-corrected chi connectivity index (χ3v) is 8.08. The topological polar surface area (TPSA) is 72.3 Å². The lowest BCUT2D eigenvalue weighted by Crippen LogP contribution is -2.32. The van der Waals surface area contributed by atoms with Gasteiger partial charge in [0.2, 0.25) is 15.0 Å². The molecular weight excluding hydrogens is 458 g/mol. The number of carbonyl (C=O) groups is 1. The van der Waals surface area contributed by atoms with Crippen LogP contribution in [0.4, 0.5) is 0 Å². The summed E-state index contributed by atoms with van der Waals surface area (Å²) in [7, 11) is -3.68. The van der Waals surface area contributed by atoms with Crippen molar-refractivity contribution >= 4 is 15.7 Å². The van der Waals surface area contributed by atoms with Gasteiger partial charge in [0.15, 0.2) is 0 Å². The van der Waals surface area contributed by atoms with E-state index in [4.69, 9.17) is 0 Å². The SMILES string of the molecule is C=CCN(Cc1cnc(S(=O)(=O)Cc2cccc(C)c2)n1C1CCCCC1)C(=O)c1ccccc1. The minimum atomic E-state index is -3.68. The maximum atomic E-state index is 13.6. The zero-order chi connectivity index (χ0) is 24.8.